The number of rotatable bonds is 4. The van der Waals surface area contributed by atoms with E-state index in [9.17, 15) is 14.4 Å². The van der Waals surface area contributed by atoms with Crippen molar-refractivity contribution in [3.63, 3.8) is 0 Å². The Hall–Kier alpha value is -2.48. The number of nitrogens with zero attached hydrogens (tertiary/aromatic N) is 3. The Balaban J connectivity index is 1.66. The van der Waals surface area contributed by atoms with Gasteiger partial charge in [-0.2, -0.15) is 4.98 Å². The zero-order valence-electron chi connectivity index (χ0n) is 14.9. The van der Waals surface area contributed by atoms with Crippen LogP contribution >= 0.6 is 11.3 Å². The summed E-state index contributed by atoms with van der Waals surface area (Å²) in [5.41, 5.74) is 0.385. The van der Waals surface area contributed by atoms with E-state index < -0.39 is 5.69 Å². The molecule has 3 rings (SSSR count). The number of carbonyl (C=O) groups is 2. The van der Waals surface area contributed by atoms with E-state index in [-0.39, 0.29) is 17.5 Å². The van der Waals surface area contributed by atoms with Crippen LogP contribution in [0.5, 0.6) is 0 Å². The summed E-state index contributed by atoms with van der Waals surface area (Å²) in [4.78, 5) is 47.5. The van der Waals surface area contributed by atoms with E-state index in [4.69, 9.17) is 0 Å². The van der Waals surface area contributed by atoms with Gasteiger partial charge in [0.15, 0.2) is 0 Å². The number of piperazine rings is 1. The van der Waals surface area contributed by atoms with Crippen molar-refractivity contribution in [3.05, 3.63) is 50.3 Å². The van der Waals surface area contributed by atoms with Crippen molar-refractivity contribution in [2.45, 2.75) is 20.3 Å². The van der Waals surface area contributed by atoms with Crippen LogP contribution in [0.25, 0.3) is 0 Å². The lowest BCUT2D eigenvalue weighted by molar-refractivity contribution is 0.0534. The third-order valence-corrected chi connectivity index (χ3v) is 5.09. The van der Waals surface area contributed by atoms with Crippen molar-refractivity contribution < 1.29 is 9.59 Å². The Labute approximate surface area is 155 Å². The quantitative estimate of drug-likeness (QED) is 0.881. The van der Waals surface area contributed by atoms with Crippen LogP contribution in [0.4, 0.5) is 0 Å². The lowest BCUT2D eigenvalue weighted by Crippen LogP contribution is -2.50. The number of thiophene rings is 1. The average molecular weight is 374 g/mol. The molecule has 2 aromatic heterocycles. The van der Waals surface area contributed by atoms with E-state index in [1.54, 1.807) is 21.9 Å². The molecule has 0 spiro atoms. The van der Waals surface area contributed by atoms with Crippen LogP contribution in [0.15, 0.2) is 28.4 Å². The maximum absolute atomic E-state index is 12.7. The molecule has 2 aromatic rings. The summed E-state index contributed by atoms with van der Waals surface area (Å²) in [6, 6.07) is 5.32. The minimum absolute atomic E-state index is 0.000555. The predicted octanol–water partition coefficient (Wildman–Crippen LogP) is 1.63. The zero-order valence-corrected chi connectivity index (χ0v) is 15.7. The molecule has 1 aliphatic heterocycles. The fraction of sp³-hybridized carbons (Fsp3) is 0.444. The van der Waals surface area contributed by atoms with Gasteiger partial charge in [0.1, 0.15) is 5.69 Å². The van der Waals surface area contributed by atoms with E-state index in [1.807, 2.05) is 25.3 Å². The molecule has 1 N–H and O–H groups in total. The molecular weight excluding hydrogens is 352 g/mol. The third-order valence-electron chi connectivity index (χ3n) is 4.23. The number of carbonyl (C=O) groups excluding carboxylic acids is 2. The van der Waals surface area contributed by atoms with Gasteiger partial charge in [0.05, 0.1) is 4.88 Å². The molecule has 8 heteroatoms. The Morgan fingerprint density at radius 3 is 2.42 bits per heavy atom. The first-order valence-corrected chi connectivity index (χ1v) is 9.54. The maximum atomic E-state index is 12.7. The standard InChI is InChI=1S/C18H22N4O3S/c1-12(2)10-13-11-14(20-18(25)19-13)16(23)21-5-7-22(8-6-21)17(24)15-4-3-9-26-15/h3-4,9,11-12H,5-8,10H2,1-2H3,(H,19,20,25). The normalized spacial score (nSPS) is 14.7. The number of amides is 2. The predicted molar refractivity (Wildman–Crippen MR) is 99.5 cm³/mol. The first-order chi connectivity index (χ1) is 12.4. The number of hydrogen-bond donors (Lipinski definition) is 1. The van der Waals surface area contributed by atoms with Crippen molar-refractivity contribution in [3.8, 4) is 0 Å². The molecule has 0 unspecified atom stereocenters. The minimum atomic E-state index is -0.502. The SMILES string of the molecule is CC(C)Cc1cc(C(=O)N2CCN(C(=O)c3cccs3)CC2)nc(=O)[nH]1. The molecule has 1 aliphatic rings. The van der Waals surface area contributed by atoms with Crippen molar-refractivity contribution in [1.29, 1.82) is 0 Å². The number of aromatic amines is 1. The fourth-order valence-corrected chi connectivity index (χ4v) is 3.69. The largest absolute Gasteiger partial charge is 0.345 e. The van der Waals surface area contributed by atoms with Crippen LogP contribution < -0.4 is 5.69 Å². The number of hydrogen-bond acceptors (Lipinski definition) is 5. The van der Waals surface area contributed by atoms with Gasteiger partial charge in [-0.1, -0.05) is 19.9 Å². The minimum Gasteiger partial charge on any atom is -0.334 e. The van der Waals surface area contributed by atoms with Crippen molar-refractivity contribution >= 4 is 23.2 Å². The lowest BCUT2D eigenvalue weighted by Gasteiger charge is -2.34. The third kappa shape index (κ3) is 4.19. The van der Waals surface area contributed by atoms with Gasteiger partial charge in [-0.25, -0.2) is 4.79 Å². The Morgan fingerprint density at radius 1 is 1.19 bits per heavy atom. The first-order valence-electron chi connectivity index (χ1n) is 8.66. The van der Waals surface area contributed by atoms with Crippen LogP contribution in [0.1, 0.15) is 39.7 Å². The highest BCUT2D eigenvalue weighted by Crippen LogP contribution is 2.15. The second-order valence-electron chi connectivity index (χ2n) is 6.76. The first kappa shape index (κ1) is 18.3. The molecule has 1 saturated heterocycles. The number of aromatic nitrogens is 2. The second-order valence-corrected chi connectivity index (χ2v) is 7.70. The highest BCUT2D eigenvalue weighted by atomic mass is 32.1. The molecule has 0 aromatic carbocycles. The molecule has 7 nitrogen and oxygen atoms in total. The monoisotopic (exact) mass is 374 g/mol. The molecule has 2 amide bonds. The van der Waals surface area contributed by atoms with E-state index in [2.05, 4.69) is 9.97 Å². The van der Waals surface area contributed by atoms with Crippen LogP contribution in [0, 0.1) is 5.92 Å². The average Bonchev–Trinajstić information content (AvgIpc) is 3.14. The molecule has 0 saturated carbocycles. The van der Waals surface area contributed by atoms with Gasteiger partial charge >= 0.3 is 5.69 Å². The van der Waals surface area contributed by atoms with Crippen LogP contribution in [0.3, 0.4) is 0 Å². The summed E-state index contributed by atoms with van der Waals surface area (Å²) in [6.45, 7) is 5.91. The van der Waals surface area contributed by atoms with E-state index in [1.165, 1.54) is 11.3 Å². The van der Waals surface area contributed by atoms with Gasteiger partial charge in [-0.15, -0.1) is 11.3 Å². The summed E-state index contributed by atoms with van der Waals surface area (Å²) < 4.78 is 0. The highest BCUT2D eigenvalue weighted by molar-refractivity contribution is 7.12. The second kappa shape index (κ2) is 7.82. The Morgan fingerprint density at radius 2 is 1.85 bits per heavy atom. The number of H-pyrrole nitrogens is 1. The van der Waals surface area contributed by atoms with Gasteiger partial charge in [0.2, 0.25) is 0 Å². The van der Waals surface area contributed by atoms with Gasteiger partial charge in [0, 0.05) is 31.9 Å². The molecule has 1 fully saturated rings. The van der Waals surface area contributed by atoms with Crippen molar-refractivity contribution in [1.82, 2.24) is 19.8 Å². The van der Waals surface area contributed by atoms with Gasteiger partial charge < -0.3 is 14.8 Å². The summed E-state index contributed by atoms with van der Waals surface area (Å²) in [5.74, 6) is 0.104. The maximum Gasteiger partial charge on any atom is 0.345 e. The molecule has 26 heavy (non-hydrogen) atoms. The van der Waals surface area contributed by atoms with Crippen LogP contribution in [0.2, 0.25) is 0 Å². The molecule has 3 heterocycles. The van der Waals surface area contributed by atoms with Crippen LogP contribution in [-0.4, -0.2) is 57.8 Å². The molecule has 0 atom stereocenters. The summed E-state index contributed by atoms with van der Waals surface area (Å²) in [7, 11) is 0. The van der Waals surface area contributed by atoms with Gasteiger partial charge in [0.25, 0.3) is 11.8 Å². The van der Waals surface area contributed by atoms with Crippen LogP contribution in [-0.2, 0) is 6.42 Å². The molecular formula is C18H22N4O3S. The smallest absolute Gasteiger partial charge is 0.334 e. The number of nitrogens with one attached hydrogen (secondary N) is 1. The van der Waals surface area contributed by atoms with Crippen molar-refractivity contribution in [2.75, 3.05) is 26.2 Å². The van der Waals surface area contributed by atoms with E-state index in [0.717, 1.165) is 5.69 Å². The fourth-order valence-electron chi connectivity index (χ4n) is 3.00. The lowest BCUT2D eigenvalue weighted by atomic mass is 10.1. The molecule has 0 radical (unpaired) electrons. The molecule has 0 bridgehead atoms. The summed E-state index contributed by atoms with van der Waals surface area (Å²) >= 11 is 1.42. The highest BCUT2D eigenvalue weighted by Gasteiger charge is 2.26. The van der Waals surface area contributed by atoms with Gasteiger partial charge in [-0.3, -0.25) is 9.59 Å². The van der Waals surface area contributed by atoms with E-state index >= 15 is 0 Å². The zero-order chi connectivity index (χ0) is 18.7. The summed E-state index contributed by atoms with van der Waals surface area (Å²) in [5, 5.41) is 1.88. The van der Waals surface area contributed by atoms with Crippen molar-refractivity contribution in [2.24, 2.45) is 5.92 Å². The molecule has 0 aliphatic carbocycles. The van der Waals surface area contributed by atoms with Gasteiger partial charge in [-0.05, 0) is 29.9 Å². The Bertz CT molecular complexity index is 836. The van der Waals surface area contributed by atoms with E-state index in [0.29, 0.717) is 43.4 Å². The molecule has 138 valence electrons. The Kier molecular flexibility index (Phi) is 5.51. The summed E-state index contributed by atoms with van der Waals surface area (Å²) in [6.07, 6.45) is 0.682. The topological polar surface area (TPSA) is 86.4 Å².